The van der Waals surface area contributed by atoms with E-state index in [1.54, 1.807) is 0 Å². The molecule has 0 heterocycles. The van der Waals surface area contributed by atoms with Crippen LogP contribution in [0.1, 0.15) is 32.3 Å². The molecule has 0 amide bonds. The van der Waals surface area contributed by atoms with Crippen molar-refractivity contribution >= 4 is 18.4 Å². The molecule has 19 heavy (non-hydrogen) atoms. The quantitative estimate of drug-likeness (QED) is 0.830. The van der Waals surface area contributed by atoms with Crippen LogP contribution < -0.4 is 0 Å². The maximum Gasteiger partial charge on any atom is 0.335 e. The summed E-state index contributed by atoms with van der Waals surface area (Å²) in [6, 6.07) is 13.5. The van der Waals surface area contributed by atoms with Crippen molar-refractivity contribution in [2.45, 2.75) is 31.8 Å². The van der Waals surface area contributed by atoms with Crippen LogP contribution >= 0.6 is 7.60 Å². The predicted molar refractivity (Wildman–Crippen MR) is 78.3 cm³/mol. The van der Waals surface area contributed by atoms with E-state index in [4.69, 9.17) is 0 Å². The van der Waals surface area contributed by atoms with Crippen molar-refractivity contribution < 1.29 is 14.4 Å². The summed E-state index contributed by atoms with van der Waals surface area (Å²) >= 11 is 0. The van der Waals surface area contributed by atoms with Gasteiger partial charge in [-0.15, -0.1) is 0 Å². The standard InChI is InChI=1S/C15H19O3P/c1-3-15(4-2,19(16,17)18)14-10-9-12-7-5-6-8-13(12)11-14/h5-11H,3-4H2,1-2H3,(H2,16,17,18). The van der Waals surface area contributed by atoms with Crippen molar-refractivity contribution in [2.75, 3.05) is 0 Å². The fourth-order valence-electron chi connectivity index (χ4n) is 2.72. The Kier molecular flexibility index (Phi) is 3.82. The van der Waals surface area contributed by atoms with E-state index in [1.165, 1.54) is 0 Å². The Morgan fingerprint density at radius 1 is 1.00 bits per heavy atom. The molecule has 0 aliphatic carbocycles. The average Bonchev–Trinajstić information content (AvgIpc) is 2.39. The van der Waals surface area contributed by atoms with Crippen LogP contribution in [0.25, 0.3) is 10.8 Å². The van der Waals surface area contributed by atoms with Gasteiger partial charge in [-0.05, 0) is 35.2 Å². The average molecular weight is 278 g/mol. The Morgan fingerprint density at radius 2 is 1.58 bits per heavy atom. The second kappa shape index (κ2) is 5.09. The first-order valence-corrected chi connectivity index (χ1v) is 8.11. The van der Waals surface area contributed by atoms with Crippen molar-refractivity contribution in [1.82, 2.24) is 0 Å². The monoisotopic (exact) mass is 278 g/mol. The fraction of sp³-hybridized carbons (Fsp3) is 0.333. The molecule has 4 heteroatoms. The molecule has 0 aliphatic rings. The second-order valence-corrected chi connectivity index (χ2v) is 6.79. The minimum atomic E-state index is -4.21. The number of hydrogen-bond donors (Lipinski definition) is 2. The smallest absolute Gasteiger partial charge is 0.324 e. The first-order valence-electron chi connectivity index (χ1n) is 6.49. The molecule has 2 aromatic rings. The third-order valence-electron chi connectivity index (χ3n) is 4.01. The van der Waals surface area contributed by atoms with Gasteiger partial charge in [0.15, 0.2) is 0 Å². The van der Waals surface area contributed by atoms with Gasteiger partial charge in [0.25, 0.3) is 0 Å². The molecular weight excluding hydrogens is 259 g/mol. The van der Waals surface area contributed by atoms with Crippen LogP contribution in [0.4, 0.5) is 0 Å². The van der Waals surface area contributed by atoms with Crippen LogP contribution in [0, 0.1) is 0 Å². The lowest BCUT2D eigenvalue weighted by molar-refractivity contribution is 0.315. The molecule has 2 rings (SSSR count). The summed E-state index contributed by atoms with van der Waals surface area (Å²) in [6.45, 7) is 3.66. The second-order valence-electron chi connectivity index (χ2n) is 4.84. The Hall–Kier alpha value is -1.15. The van der Waals surface area contributed by atoms with Crippen LogP contribution in [0.2, 0.25) is 0 Å². The van der Waals surface area contributed by atoms with E-state index in [1.807, 2.05) is 56.3 Å². The van der Waals surface area contributed by atoms with Crippen LogP contribution in [0.5, 0.6) is 0 Å². The normalized spacial score (nSPS) is 12.8. The SMILES string of the molecule is CCC(CC)(c1ccc2ccccc2c1)P(=O)(O)O. The lowest BCUT2D eigenvalue weighted by atomic mass is 9.91. The van der Waals surface area contributed by atoms with Crippen molar-refractivity contribution in [2.24, 2.45) is 0 Å². The number of hydrogen-bond acceptors (Lipinski definition) is 1. The first kappa shape index (κ1) is 14.3. The van der Waals surface area contributed by atoms with Gasteiger partial charge in [-0.1, -0.05) is 50.2 Å². The molecule has 0 aromatic heterocycles. The summed E-state index contributed by atoms with van der Waals surface area (Å²) in [7, 11) is -4.21. The summed E-state index contributed by atoms with van der Waals surface area (Å²) in [5, 5.41) is 1.02. The lowest BCUT2D eigenvalue weighted by Gasteiger charge is -2.33. The van der Waals surface area contributed by atoms with Crippen molar-refractivity contribution in [3.05, 3.63) is 48.0 Å². The van der Waals surface area contributed by atoms with E-state index in [0.29, 0.717) is 12.8 Å². The molecule has 2 N–H and O–H groups in total. The van der Waals surface area contributed by atoms with Crippen LogP contribution in [0.3, 0.4) is 0 Å². The molecule has 0 aliphatic heterocycles. The minimum Gasteiger partial charge on any atom is -0.324 e. The highest BCUT2D eigenvalue weighted by Gasteiger charge is 2.45. The van der Waals surface area contributed by atoms with Gasteiger partial charge < -0.3 is 9.79 Å². The highest BCUT2D eigenvalue weighted by molar-refractivity contribution is 7.53. The Bertz CT molecular complexity index is 626. The molecule has 0 bridgehead atoms. The summed E-state index contributed by atoms with van der Waals surface area (Å²) in [5.74, 6) is 0. The molecule has 0 saturated heterocycles. The van der Waals surface area contributed by atoms with E-state index in [0.717, 1.165) is 16.3 Å². The highest BCUT2D eigenvalue weighted by atomic mass is 31.2. The largest absolute Gasteiger partial charge is 0.335 e. The Balaban J connectivity index is 2.66. The molecule has 0 unspecified atom stereocenters. The van der Waals surface area contributed by atoms with Crippen LogP contribution in [-0.2, 0) is 9.72 Å². The van der Waals surface area contributed by atoms with E-state index >= 15 is 0 Å². The maximum atomic E-state index is 11.9. The Morgan fingerprint density at radius 3 is 2.11 bits per heavy atom. The molecule has 2 aromatic carbocycles. The summed E-state index contributed by atoms with van der Waals surface area (Å²) in [5.41, 5.74) is 0.726. The third-order valence-corrected chi connectivity index (χ3v) is 6.02. The number of fused-ring (bicyclic) bond motifs is 1. The molecule has 3 nitrogen and oxygen atoms in total. The van der Waals surface area contributed by atoms with Gasteiger partial charge in [-0.25, -0.2) is 0 Å². The van der Waals surface area contributed by atoms with Gasteiger partial charge in [-0.3, -0.25) is 4.57 Å². The predicted octanol–water partition coefficient (Wildman–Crippen LogP) is 4.03. The van der Waals surface area contributed by atoms with E-state index in [-0.39, 0.29) is 0 Å². The van der Waals surface area contributed by atoms with Crippen molar-refractivity contribution in [3.8, 4) is 0 Å². The summed E-state index contributed by atoms with van der Waals surface area (Å²) < 4.78 is 11.9. The third kappa shape index (κ3) is 2.34. The van der Waals surface area contributed by atoms with Gasteiger partial charge >= 0.3 is 7.60 Å². The molecule has 0 atom stereocenters. The van der Waals surface area contributed by atoms with Crippen molar-refractivity contribution in [1.29, 1.82) is 0 Å². The van der Waals surface area contributed by atoms with Gasteiger partial charge in [0.05, 0.1) is 5.16 Å². The molecule has 0 fully saturated rings. The first-order chi connectivity index (χ1) is 8.94. The molecule has 102 valence electrons. The highest BCUT2D eigenvalue weighted by Crippen LogP contribution is 2.61. The van der Waals surface area contributed by atoms with Crippen molar-refractivity contribution in [3.63, 3.8) is 0 Å². The maximum absolute atomic E-state index is 11.9. The molecule has 0 saturated carbocycles. The minimum absolute atomic E-state index is 0.423. The Labute approximate surface area is 113 Å². The zero-order chi connectivity index (χ0) is 14.1. The number of rotatable bonds is 4. The van der Waals surface area contributed by atoms with E-state index in [9.17, 15) is 14.4 Å². The van der Waals surface area contributed by atoms with Gasteiger partial charge in [0.2, 0.25) is 0 Å². The van der Waals surface area contributed by atoms with Crippen LogP contribution in [0.15, 0.2) is 42.5 Å². The van der Waals surface area contributed by atoms with E-state index in [2.05, 4.69) is 0 Å². The summed E-state index contributed by atoms with van der Waals surface area (Å²) in [6.07, 6.45) is 0.845. The molecular formula is C15H19O3P. The lowest BCUT2D eigenvalue weighted by Crippen LogP contribution is -2.24. The zero-order valence-electron chi connectivity index (χ0n) is 11.2. The van der Waals surface area contributed by atoms with Gasteiger partial charge in [0.1, 0.15) is 0 Å². The van der Waals surface area contributed by atoms with Gasteiger partial charge in [0, 0.05) is 0 Å². The molecule has 0 radical (unpaired) electrons. The number of benzene rings is 2. The topological polar surface area (TPSA) is 57.5 Å². The van der Waals surface area contributed by atoms with Gasteiger partial charge in [-0.2, -0.15) is 0 Å². The molecule has 0 spiro atoms. The zero-order valence-corrected chi connectivity index (χ0v) is 12.1. The fourth-order valence-corrected chi connectivity index (χ4v) is 4.02. The van der Waals surface area contributed by atoms with E-state index < -0.39 is 12.8 Å². The van der Waals surface area contributed by atoms with Crippen LogP contribution in [-0.4, -0.2) is 9.79 Å². The summed E-state index contributed by atoms with van der Waals surface area (Å²) in [4.78, 5) is 19.5.